The first kappa shape index (κ1) is 13.8. The van der Waals surface area contributed by atoms with Crippen molar-refractivity contribution in [2.24, 2.45) is 5.84 Å². The van der Waals surface area contributed by atoms with Gasteiger partial charge in [-0.15, -0.1) is 5.10 Å². The minimum Gasteiger partial charge on any atom is -0.324 e. The summed E-state index contributed by atoms with van der Waals surface area (Å²) in [7, 11) is 0. The molecule has 110 valence electrons. The second-order valence-electron chi connectivity index (χ2n) is 4.67. The Labute approximate surface area is 124 Å². The molecule has 0 amide bonds. The number of nitrogens with one attached hydrogen (secondary N) is 1. The third-order valence-electron chi connectivity index (χ3n) is 3.17. The van der Waals surface area contributed by atoms with Crippen molar-refractivity contribution in [2.45, 2.75) is 29.8 Å². The van der Waals surface area contributed by atoms with Gasteiger partial charge in [-0.1, -0.05) is 11.8 Å². The minimum absolute atomic E-state index is 0.0337. The number of rotatable bonds is 6. The van der Waals surface area contributed by atoms with E-state index in [4.69, 9.17) is 5.84 Å². The highest BCUT2D eigenvalue weighted by Gasteiger charge is 2.28. The van der Waals surface area contributed by atoms with Gasteiger partial charge in [0.1, 0.15) is 0 Å². The molecule has 1 heterocycles. The zero-order valence-electron chi connectivity index (χ0n) is 11.0. The van der Waals surface area contributed by atoms with Crippen molar-refractivity contribution in [1.29, 1.82) is 0 Å². The van der Waals surface area contributed by atoms with Crippen LogP contribution >= 0.6 is 11.8 Å². The van der Waals surface area contributed by atoms with Crippen LogP contribution in [0.2, 0.25) is 0 Å². The van der Waals surface area contributed by atoms with Crippen molar-refractivity contribution in [3.63, 3.8) is 0 Å². The maximum atomic E-state index is 10.8. The fourth-order valence-corrected chi connectivity index (χ4v) is 2.86. The molecule has 1 fully saturated rings. The van der Waals surface area contributed by atoms with E-state index in [-0.39, 0.29) is 5.69 Å². The number of hydrazine groups is 1. The molecular weight excluding hydrogens is 294 g/mol. The van der Waals surface area contributed by atoms with Gasteiger partial charge in [-0.2, -0.15) is 0 Å². The quantitative estimate of drug-likeness (QED) is 0.356. The second-order valence-corrected chi connectivity index (χ2v) is 5.61. The molecule has 0 spiro atoms. The molecule has 1 aromatic heterocycles. The predicted octanol–water partition coefficient (Wildman–Crippen LogP) is 1.49. The van der Waals surface area contributed by atoms with Crippen LogP contribution in [0.15, 0.2) is 23.4 Å². The summed E-state index contributed by atoms with van der Waals surface area (Å²) in [6.07, 6.45) is 2.18. The summed E-state index contributed by atoms with van der Waals surface area (Å²) >= 11 is 1.43. The number of nitrogens with two attached hydrogens (primary N) is 1. The van der Waals surface area contributed by atoms with E-state index in [1.54, 1.807) is 10.7 Å². The van der Waals surface area contributed by atoms with Gasteiger partial charge < -0.3 is 5.43 Å². The number of aromatic nitrogens is 4. The molecule has 2 aromatic rings. The first-order valence-electron chi connectivity index (χ1n) is 6.33. The molecule has 9 nitrogen and oxygen atoms in total. The predicted molar refractivity (Wildman–Crippen MR) is 76.6 cm³/mol. The van der Waals surface area contributed by atoms with Crippen LogP contribution in [0.3, 0.4) is 0 Å². The van der Waals surface area contributed by atoms with E-state index in [9.17, 15) is 10.1 Å². The standard InChI is InChI=1S/C11H13N7O2S/c12-13-10-4-3-9(18(19)20)5-7(10)6-21-11-14-15-16-17(11)8-1-2-8/h3-5,8,13H,1-2,6,12H2. The molecular formula is C11H13N7O2S. The Morgan fingerprint density at radius 3 is 3.00 bits per heavy atom. The summed E-state index contributed by atoms with van der Waals surface area (Å²) in [6, 6.07) is 4.91. The number of hydrogen-bond acceptors (Lipinski definition) is 8. The number of hydrogen-bond donors (Lipinski definition) is 2. The Balaban J connectivity index is 1.78. The number of nitro benzene ring substituents is 1. The highest BCUT2D eigenvalue weighted by Crippen LogP contribution is 2.37. The molecule has 1 saturated carbocycles. The van der Waals surface area contributed by atoms with E-state index < -0.39 is 4.92 Å². The van der Waals surface area contributed by atoms with Crippen molar-refractivity contribution >= 4 is 23.1 Å². The molecule has 1 aromatic carbocycles. The highest BCUT2D eigenvalue weighted by atomic mass is 32.2. The van der Waals surface area contributed by atoms with Crippen molar-refractivity contribution in [3.05, 3.63) is 33.9 Å². The molecule has 3 N–H and O–H groups in total. The number of nitrogen functional groups attached to an aromatic ring is 1. The van der Waals surface area contributed by atoms with Crippen LogP contribution in [0.5, 0.6) is 0 Å². The maximum Gasteiger partial charge on any atom is 0.269 e. The molecule has 0 radical (unpaired) electrons. The molecule has 10 heteroatoms. The second kappa shape index (κ2) is 5.66. The lowest BCUT2D eigenvalue weighted by Gasteiger charge is -2.08. The Bertz CT molecular complexity index is 670. The summed E-state index contributed by atoms with van der Waals surface area (Å²) in [5, 5.41) is 23.2. The SMILES string of the molecule is NNc1ccc([N+](=O)[O-])cc1CSc1nnnn1C1CC1. The molecule has 1 aliphatic rings. The van der Waals surface area contributed by atoms with Crippen LogP contribution in [0.4, 0.5) is 11.4 Å². The number of tetrazole rings is 1. The van der Waals surface area contributed by atoms with E-state index in [1.165, 1.54) is 23.9 Å². The summed E-state index contributed by atoms with van der Waals surface area (Å²) in [5.41, 5.74) is 3.97. The van der Waals surface area contributed by atoms with Crippen LogP contribution in [-0.4, -0.2) is 25.1 Å². The van der Waals surface area contributed by atoms with Gasteiger partial charge in [-0.3, -0.25) is 16.0 Å². The van der Waals surface area contributed by atoms with Gasteiger partial charge in [0.05, 0.1) is 16.7 Å². The normalized spacial score (nSPS) is 14.1. The number of nitrogens with zero attached hydrogens (tertiary/aromatic N) is 5. The largest absolute Gasteiger partial charge is 0.324 e. The Morgan fingerprint density at radius 1 is 1.52 bits per heavy atom. The summed E-state index contributed by atoms with van der Waals surface area (Å²) in [6.45, 7) is 0. The lowest BCUT2D eigenvalue weighted by Crippen LogP contribution is -2.09. The molecule has 0 bridgehead atoms. The van der Waals surface area contributed by atoms with Gasteiger partial charge in [0, 0.05) is 17.9 Å². The topological polar surface area (TPSA) is 125 Å². The molecule has 1 aliphatic carbocycles. The van der Waals surface area contributed by atoms with Gasteiger partial charge in [0.2, 0.25) is 5.16 Å². The van der Waals surface area contributed by atoms with E-state index in [0.29, 0.717) is 22.6 Å². The Hall–Kier alpha value is -2.20. The van der Waals surface area contributed by atoms with Gasteiger partial charge in [-0.05, 0) is 34.9 Å². The monoisotopic (exact) mass is 307 g/mol. The number of thioether (sulfide) groups is 1. The Kier molecular flexibility index (Phi) is 3.71. The number of benzene rings is 1. The minimum atomic E-state index is -0.428. The third kappa shape index (κ3) is 2.95. The summed E-state index contributed by atoms with van der Waals surface area (Å²) in [4.78, 5) is 10.4. The fourth-order valence-electron chi connectivity index (χ4n) is 1.92. The van der Waals surface area contributed by atoms with Crippen molar-refractivity contribution in [1.82, 2.24) is 20.2 Å². The number of anilines is 1. The van der Waals surface area contributed by atoms with Crippen LogP contribution in [-0.2, 0) is 5.75 Å². The van der Waals surface area contributed by atoms with Gasteiger partial charge >= 0.3 is 0 Å². The van der Waals surface area contributed by atoms with E-state index in [1.807, 2.05) is 0 Å². The lowest BCUT2D eigenvalue weighted by atomic mass is 10.2. The molecule has 0 aliphatic heterocycles. The zero-order valence-corrected chi connectivity index (χ0v) is 11.8. The maximum absolute atomic E-state index is 10.8. The van der Waals surface area contributed by atoms with E-state index in [2.05, 4.69) is 21.0 Å². The molecule has 0 saturated heterocycles. The molecule has 21 heavy (non-hydrogen) atoms. The van der Waals surface area contributed by atoms with Crippen LogP contribution in [0.25, 0.3) is 0 Å². The van der Waals surface area contributed by atoms with E-state index in [0.717, 1.165) is 18.4 Å². The fraction of sp³-hybridized carbons (Fsp3) is 0.364. The van der Waals surface area contributed by atoms with Crippen molar-refractivity contribution in [2.75, 3.05) is 5.43 Å². The van der Waals surface area contributed by atoms with Crippen LogP contribution in [0, 0.1) is 10.1 Å². The third-order valence-corrected chi connectivity index (χ3v) is 4.15. The summed E-state index contributed by atoms with van der Waals surface area (Å²) in [5.74, 6) is 5.93. The first-order chi connectivity index (χ1) is 10.2. The van der Waals surface area contributed by atoms with Crippen molar-refractivity contribution in [3.8, 4) is 0 Å². The van der Waals surface area contributed by atoms with Gasteiger partial charge in [0.15, 0.2) is 0 Å². The Morgan fingerprint density at radius 2 is 2.33 bits per heavy atom. The smallest absolute Gasteiger partial charge is 0.269 e. The number of non-ortho nitro benzene ring substituents is 1. The van der Waals surface area contributed by atoms with Crippen molar-refractivity contribution < 1.29 is 4.92 Å². The lowest BCUT2D eigenvalue weighted by molar-refractivity contribution is -0.384. The summed E-state index contributed by atoms with van der Waals surface area (Å²) < 4.78 is 1.80. The average molecular weight is 307 g/mol. The van der Waals surface area contributed by atoms with Crippen LogP contribution < -0.4 is 11.3 Å². The molecule has 0 unspecified atom stereocenters. The first-order valence-corrected chi connectivity index (χ1v) is 7.32. The molecule has 3 rings (SSSR count). The zero-order chi connectivity index (χ0) is 14.8. The van der Waals surface area contributed by atoms with Crippen LogP contribution in [0.1, 0.15) is 24.4 Å². The highest BCUT2D eigenvalue weighted by molar-refractivity contribution is 7.98. The average Bonchev–Trinajstić information content (AvgIpc) is 3.23. The van der Waals surface area contributed by atoms with Gasteiger partial charge in [-0.25, -0.2) is 4.68 Å². The van der Waals surface area contributed by atoms with E-state index >= 15 is 0 Å². The molecule has 0 atom stereocenters. The van der Waals surface area contributed by atoms with Gasteiger partial charge in [0.25, 0.3) is 5.69 Å². The number of nitro groups is 1.